The molecule has 1 saturated heterocycles. The van der Waals surface area contributed by atoms with Crippen molar-refractivity contribution >= 4 is 27.7 Å². The van der Waals surface area contributed by atoms with Gasteiger partial charge in [0.2, 0.25) is 0 Å². The molecule has 1 aromatic carbocycles. The molecule has 0 saturated carbocycles. The smallest absolute Gasteiger partial charge is 0.142 e. The van der Waals surface area contributed by atoms with Crippen LogP contribution < -0.4 is 5.32 Å². The fourth-order valence-electron chi connectivity index (χ4n) is 2.45. The van der Waals surface area contributed by atoms with Crippen LogP contribution >= 0.6 is 27.7 Å². The Balaban J connectivity index is 2.25. The van der Waals surface area contributed by atoms with Crippen molar-refractivity contribution in [2.45, 2.75) is 37.5 Å². The van der Waals surface area contributed by atoms with Crippen LogP contribution in [0, 0.1) is 5.82 Å². The van der Waals surface area contributed by atoms with E-state index in [-0.39, 0.29) is 11.9 Å². The molecule has 1 fully saturated rings. The minimum absolute atomic E-state index is 0.116. The molecule has 2 unspecified atom stereocenters. The van der Waals surface area contributed by atoms with E-state index in [9.17, 15) is 4.39 Å². The van der Waals surface area contributed by atoms with Crippen LogP contribution in [-0.4, -0.2) is 17.5 Å². The van der Waals surface area contributed by atoms with E-state index < -0.39 is 0 Å². The van der Waals surface area contributed by atoms with Gasteiger partial charge in [-0.1, -0.05) is 25.5 Å². The van der Waals surface area contributed by atoms with E-state index in [0.717, 1.165) is 12.1 Å². The molecule has 1 aromatic rings. The van der Waals surface area contributed by atoms with Crippen LogP contribution in [0.1, 0.15) is 37.8 Å². The van der Waals surface area contributed by atoms with E-state index in [2.05, 4.69) is 28.2 Å². The number of thioether (sulfide) groups is 1. The van der Waals surface area contributed by atoms with E-state index in [4.69, 9.17) is 0 Å². The first-order valence-corrected chi connectivity index (χ1v) is 8.37. The zero-order valence-corrected chi connectivity index (χ0v) is 13.0. The molecule has 0 bridgehead atoms. The largest absolute Gasteiger partial charge is 0.309 e. The van der Waals surface area contributed by atoms with Gasteiger partial charge in [0.25, 0.3) is 0 Å². The van der Waals surface area contributed by atoms with Gasteiger partial charge in [-0.15, -0.1) is 0 Å². The quantitative estimate of drug-likeness (QED) is 0.870. The van der Waals surface area contributed by atoms with E-state index in [1.54, 1.807) is 6.07 Å². The minimum atomic E-state index is -0.116. The Hall–Kier alpha value is -0.0600. The Morgan fingerprint density at radius 2 is 2.33 bits per heavy atom. The summed E-state index contributed by atoms with van der Waals surface area (Å²) in [6.45, 7) is 2.95. The predicted octanol–water partition coefficient (Wildman–Crippen LogP) is 4.52. The lowest BCUT2D eigenvalue weighted by atomic mass is 9.99. The summed E-state index contributed by atoms with van der Waals surface area (Å²) in [6, 6.07) is 5.71. The molecule has 2 rings (SSSR count). The number of nitrogens with one attached hydrogen (secondary N) is 1. The van der Waals surface area contributed by atoms with Crippen molar-refractivity contribution < 1.29 is 4.39 Å². The molecule has 1 heterocycles. The van der Waals surface area contributed by atoms with Gasteiger partial charge in [0.15, 0.2) is 0 Å². The topological polar surface area (TPSA) is 12.0 Å². The van der Waals surface area contributed by atoms with E-state index in [1.807, 2.05) is 23.9 Å². The molecule has 1 nitrogen and oxygen atoms in total. The van der Waals surface area contributed by atoms with Crippen molar-refractivity contribution in [3.05, 3.63) is 34.1 Å². The minimum Gasteiger partial charge on any atom is -0.309 e. The molecule has 18 heavy (non-hydrogen) atoms. The maximum absolute atomic E-state index is 14.2. The molecule has 1 N–H and O–H groups in total. The molecule has 2 atom stereocenters. The van der Waals surface area contributed by atoms with Crippen molar-refractivity contribution in [1.29, 1.82) is 0 Å². The van der Waals surface area contributed by atoms with Crippen molar-refractivity contribution in [2.24, 2.45) is 0 Å². The van der Waals surface area contributed by atoms with E-state index in [1.165, 1.54) is 25.0 Å². The molecule has 0 aromatic heterocycles. The van der Waals surface area contributed by atoms with Gasteiger partial charge in [-0.25, -0.2) is 4.39 Å². The Bertz CT molecular complexity index is 393. The SMILES string of the molecule is CCNC(c1cccc(Br)c1F)C1CCCCS1. The maximum Gasteiger partial charge on any atom is 0.142 e. The van der Waals surface area contributed by atoms with Gasteiger partial charge in [-0.3, -0.25) is 0 Å². The summed E-state index contributed by atoms with van der Waals surface area (Å²) in [7, 11) is 0. The van der Waals surface area contributed by atoms with Crippen LogP contribution in [0.5, 0.6) is 0 Å². The summed E-state index contributed by atoms with van der Waals surface area (Å²) in [5.74, 6) is 1.08. The lowest BCUT2D eigenvalue weighted by molar-refractivity contribution is 0.467. The van der Waals surface area contributed by atoms with Gasteiger partial charge >= 0.3 is 0 Å². The van der Waals surface area contributed by atoms with Crippen LogP contribution in [0.4, 0.5) is 4.39 Å². The Labute approximate surface area is 121 Å². The van der Waals surface area contributed by atoms with Crippen molar-refractivity contribution in [3.63, 3.8) is 0 Å². The van der Waals surface area contributed by atoms with Crippen LogP contribution in [0.25, 0.3) is 0 Å². The van der Waals surface area contributed by atoms with Crippen molar-refractivity contribution in [2.75, 3.05) is 12.3 Å². The van der Waals surface area contributed by atoms with E-state index >= 15 is 0 Å². The lowest BCUT2D eigenvalue weighted by Crippen LogP contribution is -2.32. The summed E-state index contributed by atoms with van der Waals surface area (Å²) in [5, 5.41) is 3.94. The van der Waals surface area contributed by atoms with Crippen molar-refractivity contribution in [3.8, 4) is 0 Å². The fourth-order valence-corrected chi connectivity index (χ4v) is 4.27. The first-order valence-electron chi connectivity index (χ1n) is 6.53. The third-order valence-electron chi connectivity index (χ3n) is 3.33. The van der Waals surface area contributed by atoms with Gasteiger partial charge in [0, 0.05) is 16.9 Å². The average Bonchev–Trinajstić information content (AvgIpc) is 2.41. The molecular weight excluding hydrogens is 313 g/mol. The van der Waals surface area contributed by atoms with Gasteiger partial charge in [0.05, 0.1) is 4.47 Å². The highest BCUT2D eigenvalue weighted by atomic mass is 79.9. The second-order valence-corrected chi connectivity index (χ2v) is 6.78. The van der Waals surface area contributed by atoms with Crippen LogP contribution in [0.3, 0.4) is 0 Å². The third kappa shape index (κ3) is 3.28. The summed E-state index contributed by atoms with van der Waals surface area (Å²) in [5.41, 5.74) is 0.797. The number of hydrogen-bond donors (Lipinski definition) is 1. The monoisotopic (exact) mass is 331 g/mol. The molecule has 0 amide bonds. The fraction of sp³-hybridized carbons (Fsp3) is 0.571. The van der Waals surface area contributed by atoms with Crippen LogP contribution in [0.15, 0.2) is 22.7 Å². The van der Waals surface area contributed by atoms with Crippen LogP contribution in [0.2, 0.25) is 0 Å². The van der Waals surface area contributed by atoms with Gasteiger partial charge in [0.1, 0.15) is 5.82 Å². The molecule has 1 aliphatic rings. The number of benzene rings is 1. The number of halogens is 2. The van der Waals surface area contributed by atoms with E-state index in [0.29, 0.717) is 9.72 Å². The molecule has 100 valence electrons. The third-order valence-corrected chi connectivity index (χ3v) is 5.40. The highest BCUT2D eigenvalue weighted by molar-refractivity contribution is 9.10. The molecule has 0 spiro atoms. The zero-order valence-electron chi connectivity index (χ0n) is 10.6. The molecule has 0 radical (unpaired) electrons. The second kappa shape index (κ2) is 6.92. The average molecular weight is 332 g/mol. The summed E-state index contributed by atoms with van der Waals surface area (Å²) >= 11 is 5.26. The van der Waals surface area contributed by atoms with Crippen molar-refractivity contribution in [1.82, 2.24) is 5.32 Å². The molecule has 1 aliphatic heterocycles. The highest BCUT2D eigenvalue weighted by Gasteiger charge is 2.27. The predicted molar refractivity (Wildman–Crippen MR) is 80.6 cm³/mol. The normalized spacial score (nSPS) is 21.8. The highest BCUT2D eigenvalue weighted by Crippen LogP contribution is 2.36. The Morgan fingerprint density at radius 1 is 1.50 bits per heavy atom. The number of rotatable bonds is 4. The first kappa shape index (κ1) is 14.4. The van der Waals surface area contributed by atoms with Gasteiger partial charge in [-0.05, 0) is 47.1 Å². The summed E-state index contributed by atoms with van der Waals surface area (Å²) in [6.07, 6.45) is 3.73. The van der Waals surface area contributed by atoms with Gasteiger partial charge < -0.3 is 5.32 Å². The summed E-state index contributed by atoms with van der Waals surface area (Å²) in [4.78, 5) is 0. The first-order chi connectivity index (χ1) is 8.74. The lowest BCUT2D eigenvalue weighted by Gasteiger charge is -2.31. The second-order valence-electron chi connectivity index (χ2n) is 4.58. The molecule has 4 heteroatoms. The van der Waals surface area contributed by atoms with Crippen LogP contribution in [-0.2, 0) is 0 Å². The standard InChI is InChI=1S/C14H19BrFNS/c1-2-17-14(12-8-3-4-9-18-12)10-6-5-7-11(15)13(10)16/h5-7,12,14,17H,2-4,8-9H2,1H3. The number of hydrogen-bond acceptors (Lipinski definition) is 2. The Morgan fingerprint density at radius 3 is 3.00 bits per heavy atom. The molecular formula is C14H19BrFNS. The zero-order chi connectivity index (χ0) is 13.0. The summed E-state index contributed by atoms with van der Waals surface area (Å²) < 4.78 is 14.8. The maximum atomic E-state index is 14.2. The Kier molecular flexibility index (Phi) is 5.52. The molecule has 0 aliphatic carbocycles. The van der Waals surface area contributed by atoms with Gasteiger partial charge in [-0.2, -0.15) is 11.8 Å².